The van der Waals surface area contributed by atoms with Gasteiger partial charge in [-0.1, -0.05) is 31.9 Å². The van der Waals surface area contributed by atoms with E-state index in [-0.39, 0.29) is 17.1 Å². The van der Waals surface area contributed by atoms with Gasteiger partial charge in [-0.25, -0.2) is 5.43 Å². The van der Waals surface area contributed by atoms with Crippen molar-refractivity contribution in [2.75, 3.05) is 0 Å². The van der Waals surface area contributed by atoms with Crippen LogP contribution in [0.25, 0.3) is 0 Å². The standard InChI is InChI=1S/C14H10Br2N2O3/c15-9-1-3-12(19)8(5-9)7-17-18-14(21)11-6-10(16)2-4-13(11)20/h1-7,19-20H,(H,18,21)/b17-7+. The maximum atomic E-state index is 11.9. The van der Waals surface area contributed by atoms with E-state index in [1.807, 2.05) is 0 Å². The second kappa shape index (κ2) is 6.73. The van der Waals surface area contributed by atoms with E-state index in [4.69, 9.17) is 0 Å². The largest absolute Gasteiger partial charge is 0.507 e. The smallest absolute Gasteiger partial charge is 0.275 e. The van der Waals surface area contributed by atoms with Gasteiger partial charge in [-0.05, 0) is 36.4 Å². The van der Waals surface area contributed by atoms with Crippen LogP contribution in [0.1, 0.15) is 15.9 Å². The molecule has 0 spiro atoms. The number of carbonyl (C=O) groups excluding carboxylic acids is 1. The van der Waals surface area contributed by atoms with E-state index >= 15 is 0 Å². The number of carbonyl (C=O) groups is 1. The first-order valence-corrected chi connectivity index (χ1v) is 7.36. The number of rotatable bonds is 3. The molecule has 0 saturated carbocycles. The van der Waals surface area contributed by atoms with Crippen LogP contribution in [-0.4, -0.2) is 22.3 Å². The van der Waals surface area contributed by atoms with Crippen molar-refractivity contribution >= 4 is 44.0 Å². The number of hydrogen-bond donors (Lipinski definition) is 3. The summed E-state index contributed by atoms with van der Waals surface area (Å²) < 4.78 is 1.44. The molecule has 3 N–H and O–H groups in total. The predicted octanol–water partition coefficient (Wildman–Crippen LogP) is 3.39. The van der Waals surface area contributed by atoms with Gasteiger partial charge in [-0.15, -0.1) is 0 Å². The molecule has 0 aliphatic rings. The van der Waals surface area contributed by atoms with Crippen LogP contribution >= 0.6 is 31.9 Å². The van der Waals surface area contributed by atoms with Crippen LogP contribution in [0.15, 0.2) is 50.4 Å². The Morgan fingerprint density at radius 2 is 1.67 bits per heavy atom. The average Bonchev–Trinajstić information content (AvgIpc) is 2.45. The molecule has 0 fully saturated rings. The number of hydrogen-bond acceptors (Lipinski definition) is 4. The summed E-state index contributed by atoms with van der Waals surface area (Å²) in [5.41, 5.74) is 2.83. The average molecular weight is 414 g/mol. The number of aromatic hydroxyl groups is 2. The molecule has 0 unspecified atom stereocenters. The third kappa shape index (κ3) is 4.05. The highest BCUT2D eigenvalue weighted by molar-refractivity contribution is 9.10. The van der Waals surface area contributed by atoms with E-state index in [0.29, 0.717) is 10.0 Å². The second-order valence-electron chi connectivity index (χ2n) is 4.06. The quantitative estimate of drug-likeness (QED) is 0.532. The minimum absolute atomic E-state index is 0.0431. The molecule has 2 aromatic carbocycles. The lowest BCUT2D eigenvalue weighted by molar-refractivity contribution is 0.0952. The molecule has 0 aliphatic carbocycles. The highest BCUT2D eigenvalue weighted by atomic mass is 79.9. The lowest BCUT2D eigenvalue weighted by Crippen LogP contribution is -2.17. The van der Waals surface area contributed by atoms with E-state index in [0.717, 1.165) is 4.47 Å². The van der Waals surface area contributed by atoms with Gasteiger partial charge in [0.25, 0.3) is 5.91 Å². The number of hydrazone groups is 1. The predicted molar refractivity (Wildman–Crippen MR) is 86.7 cm³/mol. The van der Waals surface area contributed by atoms with E-state index in [9.17, 15) is 15.0 Å². The molecule has 0 saturated heterocycles. The van der Waals surface area contributed by atoms with Crippen molar-refractivity contribution in [3.63, 3.8) is 0 Å². The van der Waals surface area contributed by atoms with Gasteiger partial charge in [0.1, 0.15) is 11.5 Å². The number of amides is 1. The first kappa shape index (κ1) is 15.5. The van der Waals surface area contributed by atoms with Gasteiger partial charge >= 0.3 is 0 Å². The van der Waals surface area contributed by atoms with Gasteiger partial charge in [0.2, 0.25) is 0 Å². The van der Waals surface area contributed by atoms with E-state index in [1.165, 1.54) is 24.4 Å². The van der Waals surface area contributed by atoms with Crippen molar-refractivity contribution in [1.29, 1.82) is 0 Å². The Morgan fingerprint density at radius 3 is 2.38 bits per heavy atom. The molecule has 2 rings (SSSR count). The summed E-state index contributed by atoms with van der Waals surface area (Å²) in [4.78, 5) is 11.9. The topological polar surface area (TPSA) is 81.9 Å². The molecular weight excluding hydrogens is 404 g/mol. The summed E-state index contributed by atoms with van der Waals surface area (Å²) in [6.45, 7) is 0. The van der Waals surface area contributed by atoms with Crippen molar-refractivity contribution < 1.29 is 15.0 Å². The fourth-order valence-electron chi connectivity index (χ4n) is 1.54. The molecular formula is C14H10Br2N2O3. The summed E-state index contributed by atoms with van der Waals surface area (Å²) in [5.74, 6) is -0.655. The zero-order valence-corrected chi connectivity index (χ0v) is 13.7. The van der Waals surface area contributed by atoms with Crippen LogP contribution in [0.5, 0.6) is 11.5 Å². The molecule has 0 aromatic heterocycles. The molecule has 2 aromatic rings. The molecule has 7 heteroatoms. The fraction of sp³-hybridized carbons (Fsp3) is 0. The molecule has 5 nitrogen and oxygen atoms in total. The molecule has 1 amide bonds. The van der Waals surface area contributed by atoms with Crippen molar-refractivity contribution in [3.05, 3.63) is 56.5 Å². The van der Waals surface area contributed by atoms with E-state index < -0.39 is 5.91 Å². The highest BCUT2D eigenvalue weighted by Gasteiger charge is 2.10. The molecule has 0 heterocycles. The maximum Gasteiger partial charge on any atom is 0.275 e. The monoisotopic (exact) mass is 412 g/mol. The van der Waals surface area contributed by atoms with Crippen LogP contribution in [-0.2, 0) is 0 Å². The van der Waals surface area contributed by atoms with E-state index in [2.05, 4.69) is 42.4 Å². The Hall–Kier alpha value is -1.86. The van der Waals surface area contributed by atoms with Crippen LogP contribution in [0.4, 0.5) is 0 Å². The van der Waals surface area contributed by atoms with Crippen LogP contribution in [0, 0.1) is 0 Å². The van der Waals surface area contributed by atoms with Crippen molar-refractivity contribution in [2.24, 2.45) is 5.10 Å². The normalized spacial score (nSPS) is 10.8. The van der Waals surface area contributed by atoms with Crippen molar-refractivity contribution in [2.45, 2.75) is 0 Å². The number of phenolic OH excluding ortho intramolecular Hbond substituents is 2. The van der Waals surface area contributed by atoms with Crippen molar-refractivity contribution in [3.8, 4) is 11.5 Å². The van der Waals surface area contributed by atoms with Crippen LogP contribution in [0.3, 0.4) is 0 Å². The summed E-state index contributed by atoms with van der Waals surface area (Å²) in [5, 5.41) is 23.0. The van der Waals surface area contributed by atoms with Gasteiger partial charge in [0.05, 0.1) is 11.8 Å². The minimum Gasteiger partial charge on any atom is -0.507 e. The number of nitrogens with zero attached hydrogens (tertiary/aromatic N) is 1. The van der Waals surface area contributed by atoms with Gasteiger partial charge < -0.3 is 10.2 Å². The molecule has 21 heavy (non-hydrogen) atoms. The summed E-state index contributed by atoms with van der Waals surface area (Å²) in [6.07, 6.45) is 1.31. The Morgan fingerprint density at radius 1 is 1.05 bits per heavy atom. The van der Waals surface area contributed by atoms with Gasteiger partial charge in [-0.2, -0.15) is 5.10 Å². The van der Waals surface area contributed by atoms with Crippen molar-refractivity contribution in [1.82, 2.24) is 5.43 Å². The highest BCUT2D eigenvalue weighted by Crippen LogP contribution is 2.22. The second-order valence-corrected chi connectivity index (χ2v) is 5.90. The van der Waals surface area contributed by atoms with Crippen LogP contribution < -0.4 is 5.43 Å². The third-order valence-electron chi connectivity index (χ3n) is 2.56. The number of benzene rings is 2. The molecule has 0 radical (unpaired) electrons. The Labute approximate surface area is 137 Å². The summed E-state index contributed by atoms with van der Waals surface area (Å²) in [7, 11) is 0. The lowest BCUT2D eigenvalue weighted by atomic mass is 10.2. The van der Waals surface area contributed by atoms with Crippen LogP contribution in [0.2, 0.25) is 0 Å². The number of phenols is 2. The van der Waals surface area contributed by atoms with Gasteiger partial charge in [0, 0.05) is 14.5 Å². The number of nitrogens with one attached hydrogen (secondary N) is 1. The molecule has 108 valence electrons. The zero-order valence-electron chi connectivity index (χ0n) is 10.5. The van der Waals surface area contributed by atoms with Gasteiger partial charge in [-0.3, -0.25) is 4.79 Å². The molecule has 0 atom stereocenters. The summed E-state index contributed by atoms with van der Waals surface area (Å²) in [6, 6.07) is 9.36. The first-order valence-electron chi connectivity index (χ1n) is 5.78. The Balaban J connectivity index is 2.12. The lowest BCUT2D eigenvalue weighted by Gasteiger charge is -2.04. The third-order valence-corrected chi connectivity index (χ3v) is 3.55. The SMILES string of the molecule is O=C(N/N=C/c1cc(Br)ccc1O)c1cc(Br)ccc1O. The maximum absolute atomic E-state index is 11.9. The number of halogens is 2. The minimum atomic E-state index is -0.556. The Kier molecular flexibility index (Phi) is 4.98. The van der Waals surface area contributed by atoms with Gasteiger partial charge in [0.15, 0.2) is 0 Å². The first-order chi connectivity index (χ1) is 9.97. The fourth-order valence-corrected chi connectivity index (χ4v) is 2.28. The summed E-state index contributed by atoms with van der Waals surface area (Å²) >= 11 is 6.49. The molecule has 0 aliphatic heterocycles. The Bertz CT molecular complexity index is 717. The molecule has 0 bridgehead atoms. The van der Waals surface area contributed by atoms with E-state index in [1.54, 1.807) is 18.2 Å². The zero-order chi connectivity index (χ0) is 15.4.